The third-order valence-corrected chi connectivity index (χ3v) is 2.32. The van der Waals surface area contributed by atoms with Crippen molar-refractivity contribution in [2.24, 2.45) is 0 Å². The van der Waals surface area contributed by atoms with Crippen molar-refractivity contribution in [3.05, 3.63) is 23.8 Å². The second kappa shape index (κ2) is 5.58. The highest BCUT2D eigenvalue weighted by molar-refractivity contribution is 5.43. The van der Waals surface area contributed by atoms with Crippen LogP contribution in [0.2, 0.25) is 0 Å². The van der Waals surface area contributed by atoms with E-state index in [0.29, 0.717) is 0 Å². The van der Waals surface area contributed by atoms with Gasteiger partial charge in [0.15, 0.2) is 11.5 Å². The lowest BCUT2D eigenvalue weighted by Gasteiger charge is -2.17. The van der Waals surface area contributed by atoms with Crippen molar-refractivity contribution in [3.63, 3.8) is 0 Å². The van der Waals surface area contributed by atoms with Crippen LogP contribution >= 0.6 is 0 Å². The van der Waals surface area contributed by atoms with E-state index in [-0.39, 0.29) is 6.17 Å². The summed E-state index contributed by atoms with van der Waals surface area (Å²) in [7, 11) is 7.07. The predicted octanol–water partition coefficient (Wildman–Crippen LogP) is 1.14. The Morgan fingerprint density at radius 2 is 1.60 bits per heavy atom. The minimum absolute atomic E-state index is 0.116. The summed E-state index contributed by atoms with van der Waals surface area (Å²) in [5.41, 5.74) is 1.11. The van der Waals surface area contributed by atoms with E-state index in [9.17, 15) is 0 Å². The summed E-state index contributed by atoms with van der Waals surface area (Å²) in [6.07, 6.45) is 0.116. The summed E-state index contributed by atoms with van der Waals surface area (Å²) in [5.74, 6) is 1.48. The Kier molecular flexibility index (Phi) is 4.39. The first-order valence-corrected chi connectivity index (χ1v) is 4.83. The predicted molar refractivity (Wildman–Crippen MR) is 60.4 cm³/mol. The zero-order valence-corrected chi connectivity index (χ0v) is 9.63. The summed E-state index contributed by atoms with van der Waals surface area (Å²) in [4.78, 5) is 0. The van der Waals surface area contributed by atoms with Crippen LogP contribution < -0.4 is 20.1 Å². The summed E-state index contributed by atoms with van der Waals surface area (Å²) < 4.78 is 10.4. The minimum Gasteiger partial charge on any atom is -0.493 e. The molecule has 1 aromatic rings. The van der Waals surface area contributed by atoms with Gasteiger partial charge in [-0.15, -0.1) is 0 Å². The Labute approximate surface area is 90.6 Å². The van der Waals surface area contributed by atoms with Crippen LogP contribution in [0.3, 0.4) is 0 Å². The van der Waals surface area contributed by atoms with Crippen molar-refractivity contribution in [3.8, 4) is 11.5 Å². The van der Waals surface area contributed by atoms with E-state index in [1.807, 2.05) is 32.3 Å². The molecular formula is C11H18N2O2. The number of hydrogen-bond donors (Lipinski definition) is 2. The van der Waals surface area contributed by atoms with Crippen LogP contribution in [0, 0.1) is 0 Å². The van der Waals surface area contributed by atoms with E-state index < -0.39 is 0 Å². The van der Waals surface area contributed by atoms with Gasteiger partial charge in [0.25, 0.3) is 0 Å². The first-order valence-electron chi connectivity index (χ1n) is 4.83. The Morgan fingerprint density at radius 3 is 2.07 bits per heavy atom. The van der Waals surface area contributed by atoms with Gasteiger partial charge in [-0.25, -0.2) is 0 Å². The highest BCUT2D eigenvalue weighted by Gasteiger charge is 2.10. The molecule has 84 valence electrons. The molecule has 0 saturated carbocycles. The second-order valence-corrected chi connectivity index (χ2v) is 3.12. The Morgan fingerprint density at radius 1 is 1.00 bits per heavy atom. The Hall–Kier alpha value is -1.26. The first-order chi connectivity index (χ1) is 7.26. The molecule has 0 heterocycles. The van der Waals surface area contributed by atoms with Gasteiger partial charge in [0.1, 0.15) is 0 Å². The van der Waals surface area contributed by atoms with Gasteiger partial charge in [-0.2, -0.15) is 0 Å². The second-order valence-electron chi connectivity index (χ2n) is 3.12. The van der Waals surface area contributed by atoms with E-state index >= 15 is 0 Å². The quantitative estimate of drug-likeness (QED) is 0.715. The number of nitrogens with one attached hydrogen (secondary N) is 2. The molecule has 0 bridgehead atoms. The van der Waals surface area contributed by atoms with Gasteiger partial charge in [0.05, 0.1) is 20.4 Å². The fourth-order valence-corrected chi connectivity index (χ4v) is 1.51. The van der Waals surface area contributed by atoms with Crippen molar-refractivity contribution in [1.82, 2.24) is 10.6 Å². The van der Waals surface area contributed by atoms with Gasteiger partial charge < -0.3 is 20.1 Å². The van der Waals surface area contributed by atoms with Gasteiger partial charge in [0.2, 0.25) is 0 Å². The Balaban J connectivity index is 3.01. The fourth-order valence-electron chi connectivity index (χ4n) is 1.51. The minimum atomic E-state index is 0.116. The van der Waals surface area contributed by atoms with E-state index in [1.165, 1.54) is 0 Å². The molecule has 0 radical (unpaired) electrons. The maximum absolute atomic E-state index is 5.24. The molecule has 1 rings (SSSR count). The third kappa shape index (κ3) is 2.61. The zero-order valence-electron chi connectivity index (χ0n) is 9.63. The Bertz CT molecular complexity index is 311. The molecule has 1 aromatic carbocycles. The SMILES string of the molecule is CNC(NC)c1ccc(OC)c(OC)c1. The molecule has 0 atom stereocenters. The lowest BCUT2D eigenvalue weighted by molar-refractivity contribution is 0.353. The van der Waals surface area contributed by atoms with Crippen LogP contribution in [-0.2, 0) is 0 Å². The average Bonchev–Trinajstić information content (AvgIpc) is 2.30. The summed E-state index contributed by atoms with van der Waals surface area (Å²) in [6.45, 7) is 0. The summed E-state index contributed by atoms with van der Waals surface area (Å²) in [6, 6.07) is 5.85. The van der Waals surface area contributed by atoms with Crippen LogP contribution in [0.5, 0.6) is 11.5 Å². The third-order valence-electron chi connectivity index (χ3n) is 2.32. The number of methoxy groups -OCH3 is 2. The fraction of sp³-hybridized carbons (Fsp3) is 0.455. The average molecular weight is 210 g/mol. The number of benzene rings is 1. The molecule has 4 nitrogen and oxygen atoms in total. The van der Waals surface area contributed by atoms with E-state index in [0.717, 1.165) is 17.1 Å². The molecular weight excluding hydrogens is 192 g/mol. The van der Waals surface area contributed by atoms with Crippen LogP contribution in [0.1, 0.15) is 11.7 Å². The maximum Gasteiger partial charge on any atom is 0.161 e. The molecule has 0 amide bonds. The largest absolute Gasteiger partial charge is 0.493 e. The molecule has 0 aliphatic heterocycles. The highest BCUT2D eigenvalue weighted by atomic mass is 16.5. The van der Waals surface area contributed by atoms with Crippen molar-refractivity contribution >= 4 is 0 Å². The number of rotatable bonds is 5. The first kappa shape index (κ1) is 11.8. The van der Waals surface area contributed by atoms with Gasteiger partial charge >= 0.3 is 0 Å². The molecule has 0 aliphatic rings. The number of hydrogen-bond acceptors (Lipinski definition) is 4. The lowest BCUT2D eigenvalue weighted by Crippen LogP contribution is -2.28. The molecule has 0 unspecified atom stereocenters. The molecule has 0 fully saturated rings. The van der Waals surface area contributed by atoms with Crippen molar-refractivity contribution in [1.29, 1.82) is 0 Å². The number of ether oxygens (including phenoxy) is 2. The van der Waals surface area contributed by atoms with Crippen molar-refractivity contribution in [2.75, 3.05) is 28.3 Å². The van der Waals surface area contributed by atoms with Crippen LogP contribution in [-0.4, -0.2) is 28.3 Å². The monoisotopic (exact) mass is 210 g/mol. The molecule has 2 N–H and O–H groups in total. The van der Waals surface area contributed by atoms with Crippen LogP contribution in [0.25, 0.3) is 0 Å². The smallest absolute Gasteiger partial charge is 0.161 e. The van der Waals surface area contributed by atoms with E-state index in [1.54, 1.807) is 14.2 Å². The van der Waals surface area contributed by atoms with Gasteiger partial charge in [-0.3, -0.25) is 0 Å². The summed E-state index contributed by atoms with van der Waals surface area (Å²) in [5, 5.41) is 6.30. The van der Waals surface area contributed by atoms with Crippen LogP contribution in [0.4, 0.5) is 0 Å². The topological polar surface area (TPSA) is 42.5 Å². The van der Waals surface area contributed by atoms with Crippen molar-refractivity contribution in [2.45, 2.75) is 6.17 Å². The normalized spacial score (nSPS) is 10.5. The highest BCUT2D eigenvalue weighted by Crippen LogP contribution is 2.29. The molecule has 4 heteroatoms. The van der Waals surface area contributed by atoms with Gasteiger partial charge in [-0.1, -0.05) is 6.07 Å². The molecule has 0 spiro atoms. The molecule has 0 aliphatic carbocycles. The molecule has 15 heavy (non-hydrogen) atoms. The zero-order chi connectivity index (χ0) is 11.3. The summed E-state index contributed by atoms with van der Waals surface area (Å²) >= 11 is 0. The molecule has 0 saturated heterocycles. The van der Waals surface area contributed by atoms with Gasteiger partial charge in [-0.05, 0) is 31.8 Å². The lowest BCUT2D eigenvalue weighted by atomic mass is 10.1. The van der Waals surface area contributed by atoms with E-state index in [2.05, 4.69) is 10.6 Å². The molecule has 0 aromatic heterocycles. The van der Waals surface area contributed by atoms with Gasteiger partial charge in [0, 0.05) is 0 Å². The van der Waals surface area contributed by atoms with E-state index in [4.69, 9.17) is 9.47 Å². The van der Waals surface area contributed by atoms with Crippen LogP contribution in [0.15, 0.2) is 18.2 Å². The standard InChI is InChI=1S/C11H18N2O2/c1-12-11(13-2)8-5-6-9(14-3)10(7-8)15-4/h5-7,11-13H,1-4H3. The maximum atomic E-state index is 5.24. The van der Waals surface area contributed by atoms with Crippen molar-refractivity contribution < 1.29 is 9.47 Å².